The Kier molecular flexibility index (Phi) is 5.16. The summed E-state index contributed by atoms with van der Waals surface area (Å²) in [5.74, 6) is -0.513. The molecule has 5 heteroatoms. The number of carbonyl (C=O) groups is 2. The van der Waals surface area contributed by atoms with Gasteiger partial charge in [0.2, 0.25) is 0 Å². The van der Waals surface area contributed by atoms with Gasteiger partial charge in [-0.05, 0) is 24.1 Å². The second-order valence-electron chi connectivity index (χ2n) is 5.81. The van der Waals surface area contributed by atoms with Crippen molar-refractivity contribution in [1.29, 1.82) is 0 Å². The lowest BCUT2D eigenvalue weighted by molar-refractivity contribution is -0.147. The predicted octanol–water partition coefficient (Wildman–Crippen LogP) is 3.06. The number of nitrogens with zero attached hydrogens (tertiary/aromatic N) is 2. The third-order valence-electron chi connectivity index (χ3n) is 4.18. The Morgan fingerprint density at radius 3 is 2.17 bits per heavy atom. The molecular weight excluding hydrogens is 324 g/mol. The van der Waals surface area contributed by atoms with Crippen molar-refractivity contribution < 1.29 is 9.59 Å². The van der Waals surface area contributed by atoms with Gasteiger partial charge in [-0.2, -0.15) is 0 Å². The maximum atomic E-state index is 12.7. The highest BCUT2D eigenvalue weighted by molar-refractivity contribution is 6.41. The molecule has 0 saturated carbocycles. The minimum atomic E-state index is -0.488. The van der Waals surface area contributed by atoms with Gasteiger partial charge in [0.1, 0.15) is 0 Å². The molecule has 1 aliphatic heterocycles. The zero-order valence-electron chi connectivity index (χ0n) is 13.3. The molecule has 3 rings (SSSR count). The molecule has 1 unspecified atom stereocenters. The minimum absolute atomic E-state index is 0.112. The van der Waals surface area contributed by atoms with Crippen molar-refractivity contribution in [2.75, 3.05) is 17.3 Å². The van der Waals surface area contributed by atoms with E-state index in [1.807, 2.05) is 60.7 Å². The molecule has 4 nitrogen and oxygen atoms in total. The van der Waals surface area contributed by atoms with Crippen molar-refractivity contribution in [3.8, 4) is 0 Å². The van der Waals surface area contributed by atoms with Gasteiger partial charge in [-0.3, -0.25) is 14.5 Å². The van der Waals surface area contributed by atoms with Crippen molar-refractivity contribution >= 4 is 29.1 Å². The average molecular weight is 343 g/mol. The third-order valence-corrected chi connectivity index (χ3v) is 4.40. The van der Waals surface area contributed by atoms with E-state index in [2.05, 4.69) is 0 Å². The van der Waals surface area contributed by atoms with Crippen LogP contribution in [0.25, 0.3) is 0 Å². The second-order valence-corrected chi connectivity index (χ2v) is 6.19. The van der Waals surface area contributed by atoms with Crippen LogP contribution in [-0.2, 0) is 16.1 Å². The lowest BCUT2D eigenvalue weighted by Crippen LogP contribution is -2.59. The molecule has 0 aliphatic carbocycles. The fraction of sp³-hybridized carbons (Fsp3) is 0.263. The normalized spacial score (nSPS) is 18.1. The van der Waals surface area contributed by atoms with Crippen LogP contribution in [0.5, 0.6) is 0 Å². The fourth-order valence-electron chi connectivity index (χ4n) is 3.03. The van der Waals surface area contributed by atoms with Crippen LogP contribution in [0, 0.1) is 0 Å². The summed E-state index contributed by atoms with van der Waals surface area (Å²) < 4.78 is 0. The van der Waals surface area contributed by atoms with Crippen LogP contribution in [0.15, 0.2) is 60.7 Å². The molecule has 2 aromatic rings. The van der Waals surface area contributed by atoms with E-state index in [4.69, 9.17) is 11.6 Å². The van der Waals surface area contributed by atoms with Crippen LogP contribution in [0.4, 0.5) is 5.69 Å². The van der Waals surface area contributed by atoms with Crippen molar-refractivity contribution in [3.05, 3.63) is 66.2 Å². The summed E-state index contributed by atoms with van der Waals surface area (Å²) in [4.78, 5) is 28.5. The maximum Gasteiger partial charge on any atom is 0.316 e. The van der Waals surface area contributed by atoms with E-state index >= 15 is 0 Å². The van der Waals surface area contributed by atoms with E-state index in [0.717, 1.165) is 11.3 Å². The summed E-state index contributed by atoms with van der Waals surface area (Å²) in [6.45, 7) is 0.925. The van der Waals surface area contributed by atoms with Gasteiger partial charge >= 0.3 is 11.8 Å². The number of hydrogen-bond donors (Lipinski definition) is 0. The van der Waals surface area contributed by atoms with Gasteiger partial charge < -0.3 is 4.90 Å². The molecule has 0 radical (unpaired) electrons. The van der Waals surface area contributed by atoms with Gasteiger partial charge in [0.15, 0.2) is 0 Å². The number of amides is 2. The number of piperazine rings is 1. The first-order chi connectivity index (χ1) is 11.7. The van der Waals surface area contributed by atoms with E-state index in [0.29, 0.717) is 25.4 Å². The summed E-state index contributed by atoms with van der Waals surface area (Å²) in [7, 11) is 0. The van der Waals surface area contributed by atoms with Gasteiger partial charge in [-0.15, -0.1) is 11.6 Å². The van der Waals surface area contributed by atoms with Gasteiger partial charge in [0.05, 0.1) is 6.04 Å². The molecule has 1 aliphatic rings. The highest BCUT2D eigenvalue weighted by atomic mass is 35.5. The van der Waals surface area contributed by atoms with Crippen molar-refractivity contribution in [3.63, 3.8) is 0 Å². The Hall–Kier alpha value is -2.33. The molecule has 0 N–H and O–H groups in total. The summed E-state index contributed by atoms with van der Waals surface area (Å²) in [6.07, 6.45) is 0.640. The van der Waals surface area contributed by atoms with Gasteiger partial charge in [-0.1, -0.05) is 48.5 Å². The molecule has 2 amide bonds. The van der Waals surface area contributed by atoms with Gasteiger partial charge in [-0.25, -0.2) is 0 Å². The fourth-order valence-corrected chi connectivity index (χ4v) is 3.28. The topological polar surface area (TPSA) is 40.6 Å². The number of hydrogen-bond acceptors (Lipinski definition) is 2. The Labute approximate surface area is 146 Å². The Bertz CT molecular complexity index is 706. The first kappa shape index (κ1) is 16.5. The van der Waals surface area contributed by atoms with E-state index < -0.39 is 11.8 Å². The van der Waals surface area contributed by atoms with Gasteiger partial charge in [0.25, 0.3) is 0 Å². The standard InChI is InChI=1S/C19H19ClN2O2/c20-12-11-17-14-21(13-15-7-3-1-4-8-15)18(23)19(24)22(17)16-9-5-2-6-10-16/h1-10,17H,11-14H2. The molecule has 0 aromatic heterocycles. The number of alkyl halides is 1. The molecule has 2 aromatic carbocycles. The number of halogens is 1. The van der Waals surface area contributed by atoms with E-state index in [1.54, 1.807) is 9.80 Å². The van der Waals surface area contributed by atoms with Crippen LogP contribution in [0.1, 0.15) is 12.0 Å². The van der Waals surface area contributed by atoms with E-state index in [-0.39, 0.29) is 6.04 Å². The Morgan fingerprint density at radius 2 is 1.54 bits per heavy atom. The van der Waals surface area contributed by atoms with Crippen molar-refractivity contribution in [1.82, 2.24) is 4.90 Å². The SMILES string of the molecule is O=C1C(=O)N(c2ccccc2)C(CCCl)CN1Cc1ccccc1. The molecule has 0 bridgehead atoms. The molecule has 124 valence electrons. The number of para-hydroxylation sites is 1. The number of rotatable bonds is 5. The molecule has 1 fully saturated rings. The van der Waals surface area contributed by atoms with Crippen LogP contribution < -0.4 is 4.90 Å². The average Bonchev–Trinajstić information content (AvgIpc) is 2.61. The first-order valence-electron chi connectivity index (χ1n) is 7.98. The second kappa shape index (κ2) is 7.49. The van der Waals surface area contributed by atoms with E-state index in [9.17, 15) is 9.59 Å². The third kappa shape index (κ3) is 3.44. The minimum Gasteiger partial charge on any atom is -0.328 e. The number of anilines is 1. The van der Waals surface area contributed by atoms with Crippen LogP contribution in [0.2, 0.25) is 0 Å². The van der Waals surface area contributed by atoms with E-state index in [1.165, 1.54) is 0 Å². The van der Waals surface area contributed by atoms with Crippen molar-refractivity contribution in [2.45, 2.75) is 19.0 Å². The zero-order chi connectivity index (χ0) is 16.9. The number of carbonyl (C=O) groups excluding carboxylic acids is 2. The predicted molar refractivity (Wildman–Crippen MR) is 94.9 cm³/mol. The summed E-state index contributed by atoms with van der Waals surface area (Å²) in [5, 5.41) is 0. The van der Waals surface area contributed by atoms with Crippen LogP contribution in [-0.4, -0.2) is 35.2 Å². The lowest BCUT2D eigenvalue weighted by atomic mass is 10.1. The molecular formula is C19H19ClN2O2. The lowest BCUT2D eigenvalue weighted by Gasteiger charge is -2.40. The molecule has 1 saturated heterocycles. The number of benzene rings is 2. The first-order valence-corrected chi connectivity index (χ1v) is 8.51. The maximum absolute atomic E-state index is 12.7. The smallest absolute Gasteiger partial charge is 0.316 e. The summed E-state index contributed by atoms with van der Waals surface area (Å²) in [6, 6.07) is 18.9. The highest BCUT2D eigenvalue weighted by Crippen LogP contribution is 2.25. The Morgan fingerprint density at radius 1 is 0.917 bits per heavy atom. The van der Waals surface area contributed by atoms with Crippen LogP contribution in [0.3, 0.4) is 0 Å². The zero-order valence-corrected chi connectivity index (χ0v) is 14.0. The van der Waals surface area contributed by atoms with Gasteiger partial charge in [0, 0.05) is 24.7 Å². The quantitative estimate of drug-likeness (QED) is 0.619. The Balaban J connectivity index is 1.85. The monoisotopic (exact) mass is 342 g/mol. The summed E-state index contributed by atoms with van der Waals surface area (Å²) >= 11 is 5.94. The highest BCUT2D eigenvalue weighted by Gasteiger charge is 2.39. The molecule has 24 heavy (non-hydrogen) atoms. The van der Waals surface area contributed by atoms with Crippen LogP contribution >= 0.6 is 11.6 Å². The molecule has 1 heterocycles. The largest absolute Gasteiger partial charge is 0.328 e. The molecule has 1 atom stereocenters. The van der Waals surface area contributed by atoms with Crippen molar-refractivity contribution in [2.24, 2.45) is 0 Å². The summed E-state index contributed by atoms with van der Waals surface area (Å²) in [5.41, 5.74) is 1.75. The molecule has 0 spiro atoms.